The molecule has 3 rings (SSSR count). The van der Waals surface area contributed by atoms with Crippen molar-refractivity contribution in [2.24, 2.45) is 5.92 Å². The van der Waals surface area contributed by atoms with Gasteiger partial charge in [-0.2, -0.15) is 4.31 Å². The Morgan fingerprint density at radius 3 is 2.76 bits per heavy atom. The molecule has 0 saturated heterocycles. The zero-order chi connectivity index (χ0) is 15.2. The number of fused-ring (bicyclic) bond motifs is 1. The highest BCUT2D eigenvalue weighted by molar-refractivity contribution is 7.89. The first-order chi connectivity index (χ1) is 9.96. The van der Waals surface area contributed by atoms with Gasteiger partial charge in [0, 0.05) is 26.3 Å². The van der Waals surface area contributed by atoms with Crippen LogP contribution in [-0.2, 0) is 10.0 Å². The normalized spacial score (nSPS) is 17.3. The number of hydrogen-bond donors (Lipinski definition) is 1. The third kappa shape index (κ3) is 2.30. The Morgan fingerprint density at radius 1 is 1.43 bits per heavy atom. The van der Waals surface area contributed by atoms with Crippen LogP contribution in [0.5, 0.6) is 0 Å². The monoisotopic (exact) mass is 308 g/mol. The maximum Gasteiger partial charge on any atom is 0.262 e. The van der Waals surface area contributed by atoms with E-state index in [1.165, 1.54) is 4.31 Å². The molecular formula is C14H20N4O2S. The van der Waals surface area contributed by atoms with Crippen LogP contribution < -0.4 is 5.32 Å². The Balaban J connectivity index is 2.13. The lowest BCUT2D eigenvalue weighted by atomic mass is 10.2. The van der Waals surface area contributed by atoms with Gasteiger partial charge in [0.15, 0.2) is 10.8 Å². The molecule has 1 N–H and O–H groups in total. The number of hydrogen-bond acceptors (Lipinski definition) is 4. The van der Waals surface area contributed by atoms with Gasteiger partial charge in [-0.3, -0.25) is 4.40 Å². The number of aromatic nitrogens is 2. The largest absolute Gasteiger partial charge is 0.371 e. The van der Waals surface area contributed by atoms with Crippen LogP contribution in [0.4, 0.5) is 5.82 Å². The van der Waals surface area contributed by atoms with Crippen molar-refractivity contribution in [1.82, 2.24) is 13.7 Å². The molecule has 0 aliphatic heterocycles. The molecule has 1 aliphatic carbocycles. The van der Waals surface area contributed by atoms with Crippen LogP contribution in [0.15, 0.2) is 29.4 Å². The molecule has 1 atom stereocenters. The molecule has 0 radical (unpaired) electrons. The number of anilines is 1. The minimum atomic E-state index is -3.60. The van der Waals surface area contributed by atoms with Crippen molar-refractivity contribution in [1.29, 1.82) is 0 Å². The maximum absolute atomic E-state index is 13.0. The van der Waals surface area contributed by atoms with Crippen molar-refractivity contribution in [2.45, 2.75) is 30.8 Å². The molecule has 114 valence electrons. The summed E-state index contributed by atoms with van der Waals surface area (Å²) in [5.74, 6) is 0.859. The lowest BCUT2D eigenvalue weighted by Crippen LogP contribution is -2.37. The van der Waals surface area contributed by atoms with Gasteiger partial charge in [-0.1, -0.05) is 6.07 Å². The van der Waals surface area contributed by atoms with E-state index in [-0.39, 0.29) is 11.1 Å². The summed E-state index contributed by atoms with van der Waals surface area (Å²) in [4.78, 5) is 4.35. The van der Waals surface area contributed by atoms with Crippen LogP contribution in [-0.4, -0.2) is 42.2 Å². The molecule has 7 heteroatoms. The second-order valence-electron chi connectivity index (χ2n) is 5.54. The van der Waals surface area contributed by atoms with E-state index in [1.54, 1.807) is 36.8 Å². The Labute approximate surface area is 124 Å². The average molecular weight is 308 g/mol. The zero-order valence-corrected chi connectivity index (χ0v) is 13.3. The van der Waals surface area contributed by atoms with Gasteiger partial charge in [0.2, 0.25) is 0 Å². The number of sulfonamides is 1. The van der Waals surface area contributed by atoms with Crippen LogP contribution in [0.1, 0.15) is 19.8 Å². The summed E-state index contributed by atoms with van der Waals surface area (Å²) in [6.07, 6.45) is 3.94. The molecule has 21 heavy (non-hydrogen) atoms. The lowest BCUT2D eigenvalue weighted by Gasteiger charge is -2.24. The smallest absolute Gasteiger partial charge is 0.262 e. The van der Waals surface area contributed by atoms with E-state index in [0.717, 1.165) is 12.8 Å². The molecule has 1 saturated carbocycles. The first-order valence-corrected chi connectivity index (χ1v) is 8.53. The van der Waals surface area contributed by atoms with Crippen molar-refractivity contribution in [3.63, 3.8) is 0 Å². The maximum atomic E-state index is 13.0. The van der Waals surface area contributed by atoms with Gasteiger partial charge in [-0.05, 0) is 37.8 Å². The second-order valence-corrected chi connectivity index (χ2v) is 7.46. The predicted molar refractivity (Wildman–Crippen MR) is 81.9 cm³/mol. The number of nitrogens with one attached hydrogen (secondary N) is 1. The molecule has 0 bridgehead atoms. The van der Waals surface area contributed by atoms with Crippen molar-refractivity contribution < 1.29 is 8.42 Å². The third-order valence-electron chi connectivity index (χ3n) is 4.22. The molecule has 1 aliphatic rings. The van der Waals surface area contributed by atoms with Crippen LogP contribution in [0, 0.1) is 5.92 Å². The fourth-order valence-electron chi connectivity index (χ4n) is 2.61. The molecule has 1 fully saturated rings. The van der Waals surface area contributed by atoms with Gasteiger partial charge in [0.1, 0.15) is 5.65 Å². The van der Waals surface area contributed by atoms with Gasteiger partial charge in [0.05, 0.1) is 0 Å². The predicted octanol–water partition coefficient (Wildman–Crippen LogP) is 1.79. The first kappa shape index (κ1) is 14.3. The van der Waals surface area contributed by atoms with E-state index in [0.29, 0.717) is 17.4 Å². The molecular weight excluding hydrogens is 288 g/mol. The van der Waals surface area contributed by atoms with Gasteiger partial charge in [0.25, 0.3) is 10.0 Å². The van der Waals surface area contributed by atoms with Crippen molar-refractivity contribution in [3.05, 3.63) is 24.4 Å². The molecule has 1 unspecified atom stereocenters. The summed E-state index contributed by atoms with van der Waals surface area (Å²) in [7, 11) is -0.259. The second kappa shape index (κ2) is 4.99. The van der Waals surface area contributed by atoms with Crippen molar-refractivity contribution in [3.8, 4) is 0 Å². The fourth-order valence-corrected chi connectivity index (χ4v) is 4.29. The van der Waals surface area contributed by atoms with Gasteiger partial charge < -0.3 is 5.32 Å². The fraction of sp³-hybridized carbons (Fsp3) is 0.500. The zero-order valence-electron chi connectivity index (χ0n) is 12.4. The van der Waals surface area contributed by atoms with E-state index >= 15 is 0 Å². The minimum absolute atomic E-state index is 0.00830. The molecule has 6 nitrogen and oxygen atoms in total. The lowest BCUT2D eigenvalue weighted by molar-refractivity contribution is 0.355. The first-order valence-electron chi connectivity index (χ1n) is 7.09. The van der Waals surface area contributed by atoms with E-state index in [1.807, 2.05) is 13.0 Å². The molecule has 2 heterocycles. The molecule has 0 spiro atoms. The highest BCUT2D eigenvalue weighted by Crippen LogP contribution is 2.37. The highest BCUT2D eigenvalue weighted by atomic mass is 32.2. The summed E-state index contributed by atoms with van der Waals surface area (Å²) >= 11 is 0. The third-order valence-corrected chi connectivity index (χ3v) is 6.19. The summed E-state index contributed by atoms with van der Waals surface area (Å²) in [6, 6.07) is 5.45. The van der Waals surface area contributed by atoms with Gasteiger partial charge in [-0.25, -0.2) is 13.4 Å². The molecule has 2 aromatic heterocycles. The summed E-state index contributed by atoms with van der Waals surface area (Å²) < 4.78 is 29.1. The minimum Gasteiger partial charge on any atom is -0.371 e. The average Bonchev–Trinajstić information content (AvgIpc) is 3.24. The topological polar surface area (TPSA) is 66.7 Å². The number of pyridine rings is 1. The summed E-state index contributed by atoms with van der Waals surface area (Å²) in [6.45, 7) is 1.97. The van der Waals surface area contributed by atoms with Crippen LogP contribution >= 0.6 is 0 Å². The SMILES string of the molecule is CNc1nc2ccccn2c1S(=O)(=O)N(C)C(C)C1CC1. The van der Waals surface area contributed by atoms with E-state index in [2.05, 4.69) is 10.3 Å². The number of imidazole rings is 1. The molecule has 2 aromatic rings. The standard InChI is InChI=1S/C14H20N4O2S/c1-10(11-7-8-11)17(3)21(19,20)14-13(15-2)16-12-6-4-5-9-18(12)14/h4-6,9-11,15H,7-8H2,1-3H3. The van der Waals surface area contributed by atoms with Crippen molar-refractivity contribution in [2.75, 3.05) is 19.4 Å². The van der Waals surface area contributed by atoms with E-state index in [4.69, 9.17) is 0 Å². The Hall–Kier alpha value is -1.60. The van der Waals surface area contributed by atoms with Crippen LogP contribution in [0.25, 0.3) is 5.65 Å². The summed E-state index contributed by atoms with van der Waals surface area (Å²) in [5.41, 5.74) is 0.618. The molecule has 0 amide bonds. The molecule has 0 aromatic carbocycles. The highest BCUT2D eigenvalue weighted by Gasteiger charge is 2.38. The number of nitrogens with zero attached hydrogens (tertiary/aromatic N) is 3. The van der Waals surface area contributed by atoms with Crippen molar-refractivity contribution >= 4 is 21.5 Å². The Kier molecular flexibility index (Phi) is 3.41. The van der Waals surface area contributed by atoms with Gasteiger partial charge >= 0.3 is 0 Å². The Bertz CT molecular complexity index is 764. The van der Waals surface area contributed by atoms with Crippen LogP contribution in [0.3, 0.4) is 0 Å². The number of rotatable bonds is 5. The Morgan fingerprint density at radius 2 is 2.14 bits per heavy atom. The van der Waals surface area contributed by atoms with Gasteiger partial charge in [-0.15, -0.1) is 0 Å². The quantitative estimate of drug-likeness (QED) is 0.914. The summed E-state index contributed by atoms with van der Waals surface area (Å²) in [5, 5.41) is 3.10. The van der Waals surface area contributed by atoms with E-state index < -0.39 is 10.0 Å². The van der Waals surface area contributed by atoms with E-state index in [9.17, 15) is 8.42 Å². The van der Waals surface area contributed by atoms with Crippen LogP contribution in [0.2, 0.25) is 0 Å².